The lowest BCUT2D eigenvalue weighted by Crippen LogP contribution is -2.51. The monoisotopic (exact) mass is 172 g/mol. The summed E-state index contributed by atoms with van der Waals surface area (Å²) in [4.78, 5) is 0. The first kappa shape index (κ1) is 12.0. The minimum absolute atomic E-state index is 0.824. The summed E-state index contributed by atoms with van der Waals surface area (Å²) in [5, 5.41) is 0. The van der Waals surface area contributed by atoms with Gasteiger partial charge < -0.3 is 4.48 Å². The molecular formula is C11H26N+. The van der Waals surface area contributed by atoms with Crippen LogP contribution in [-0.2, 0) is 0 Å². The van der Waals surface area contributed by atoms with Crippen molar-refractivity contribution in [2.45, 2.75) is 53.0 Å². The second kappa shape index (κ2) is 5.58. The van der Waals surface area contributed by atoms with E-state index in [0.717, 1.165) is 6.04 Å². The molecule has 1 atom stereocenters. The smallest absolute Gasteiger partial charge is 0.0857 e. The molecule has 1 heteroatoms. The first-order valence-electron chi connectivity index (χ1n) is 5.44. The highest BCUT2D eigenvalue weighted by Gasteiger charge is 2.25. The van der Waals surface area contributed by atoms with Gasteiger partial charge in [-0.25, -0.2) is 0 Å². The van der Waals surface area contributed by atoms with Crippen LogP contribution >= 0.6 is 0 Å². The summed E-state index contributed by atoms with van der Waals surface area (Å²) in [5.41, 5.74) is 0. The normalized spacial score (nSPS) is 14.8. The Hall–Kier alpha value is -0.0400. The molecule has 0 heterocycles. The molecule has 1 unspecified atom stereocenters. The van der Waals surface area contributed by atoms with Crippen molar-refractivity contribution in [2.75, 3.05) is 20.1 Å². The van der Waals surface area contributed by atoms with Crippen molar-refractivity contribution in [3.05, 3.63) is 0 Å². The zero-order valence-electron chi connectivity index (χ0n) is 9.56. The van der Waals surface area contributed by atoms with Gasteiger partial charge in [0.15, 0.2) is 0 Å². The molecule has 0 spiro atoms. The Labute approximate surface area is 78.4 Å². The van der Waals surface area contributed by atoms with Crippen molar-refractivity contribution < 1.29 is 4.48 Å². The average molecular weight is 172 g/mol. The fourth-order valence-corrected chi connectivity index (χ4v) is 2.01. The van der Waals surface area contributed by atoms with Gasteiger partial charge in [0.2, 0.25) is 0 Å². The predicted molar refractivity (Wildman–Crippen MR) is 56.3 cm³/mol. The van der Waals surface area contributed by atoms with Crippen molar-refractivity contribution in [3.63, 3.8) is 0 Å². The summed E-state index contributed by atoms with van der Waals surface area (Å²) in [6.07, 6.45) is 3.91. The quantitative estimate of drug-likeness (QED) is 0.540. The van der Waals surface area contributed by atoms with Crippen LogP contribution in [0.2, 0.25) is 0 Å². The number of quaternary nitrogens is 1. The van der Waals surface area contributed by atoms with E-state index in [4.69, 9.17) is 0 Å². The molecule has 0 aromatic heterocycles. The van der Waals surface area contributed by atoms with Crippen LogP contribution in [0.25, 0.3) is 0 Å². The first-order valence-corrected chi connectivity index (χ1v) is 5.44. The largest absolute Gasteiger partial charge is 0.324 e. The third-order valence-electron chi connectivity index (χ3n) is 3.12. The molecule has 0 aromatic carbocycles. The van der Waals surface area contributed by atoms with E-state index in [0.29, 0.717) is 0 Å². The van der Waals surface area contributed by atoms with E-state index in [1.807, 2.05) is 0 Å². The van der Waals surface area contributed by atoms with Crippen molar-refractivity contribution >= 4 is 0 Å². The lowest BCUT2D eigenvalue weighted by molar-refractivity contribution is -0.931. The summed E-state index contributed by atoms with van der Waals surface area (Å²) in [6.45, 7) is 11.9. The molecule has 0 rings (SSSR count). The van der Waals surface area contributed by atoms with Crippen molar-refractivity contribution in [3.8, 4) is 0 Å². The molecule has 0 aliphatic rings. The summed E-state index contributed by atoms with van der Waals surface area (Å²) < 4.78 is 1.27. The summed E-state index contributed by atoms with van der Waals surface area (Å²) in [7, 11) is 2.40. The zero-order valence-corrected chi connectivity index (χ0v) is 9.56. The maximum Gasteiger partial charge on any atom is 0.0857 e. The third-order valence-corrected chi connectivity index (χ3v) is 3.12. The first-order chi connectivity index (χ1) is 5.60. The maximum absolute atomic E-state index is 2.40. The van der Waals surface area contributed by atoms with E-state index in [2.05, 4.69) is 34.7 Å². The standard InChI is InChI=1S/C11H26N/c1-6-9-12(5,10-7-2)11(4)8-3/h11H,6-10H2,1-5H3/q+1. The number of hydrogen-bond donors (Lipinski definition) is 0. The third kappa shape index (κ3) is 3.14. The van der Waals surface area contributed by atoms with Crippen LogP contribution in [0.3, 0.4) is 0 Å². The Balaban J connectivity index is 4.15. The second-order valence-electron chi connectivity index (χ2n) is 4.18. The Kier molecular flexibility index (Phi) is 5.56. The summed E-state index contributed by atoms with van der Waals surface area (Å²) in [6, 6.07) is 0.824. The number of rotatable bonds is 6. The molecule has 1 nitrogen and oxygen atoms in total. The number of nitrogens with zero attached hydrogens (tertiary/aromatic N) is 1. The van der Waals surface area contributed by atoms with Gasteiger partial charge in [0, 0.05) is 0 Å². The summed E-state index contributed by atoms with van der Waals surface area (Å²) >= 11 is 0. The maximum atomic E-state index is 2.40. The van der Waals surface area contributed by atoms with Gasteiger partial charge >= 0.3 is 0 Å². The molecule has 0 aliphatic carbocycles. The molecule has 0 amide bonds. The molecule has 0 bridgehead atoms. The van der Waals surface area contributed by atoms with Gasteiger partial charge in [0.1, 0.15) is 0 Å². The Morgan fingerprint density at radius 3 is 1.67 bits per heavy atom. The van der Waals surface area contributed by atoms with Crippen LogP contribution in [0.5, 0.6) is 0 Å². The highest BCUT2D eigenvalue weighted by atomic mass is 15.3. The molecule has 0 radical (unpaired) electrons. The molecule has 0 fully saturated rings. The highest BCUT2D eigenvalue weighted by molar-refractivity contribution is 4.49. The van der Waals surface area contributed by atoms with Crippen LogP contribution in [-0.4, -0.2) is 30.7 Å². The minimum atomic E-state index is 0.824. The fraction of sp³-hybridized carbons (Fsp3) is 1.00. The van der Waals surface area contributed by atoms with Gasteiger partial charge in [-0.05, 0) is 26.2 Å². The van der Waals surface area contributed by atoms with E-state index in [1.165, 1.54) is 36.8 Å². The van der Waals surface area contributed by atoms with E-state index in [-0.39, 0.29) is 0 Å². The number of hydrogen-bond acceptors (Lipinski definition) is 0. The van der Waals surface area contributed by atoms with E-state index < -0.39 is 0 Å². The molecule has 12 heavy (non-hydrogen) atoms. The lowest BCUT2D eigenvalue weighted by Gasteiger charge is -2.39. The van der Waals surface area contributed by atoms with E-state index in [1.54, 1.807) is 0 Å². The molecular weight excluding hydrogens is 146 g/mol. The zero-order chi connectivity index (χ0) is 9.61. The van der Waals surface area contributed by atoms with Gasteiger partial charge in [-0.2, -0.15) is 0 Å². The van der Waals surface area contributed by atoms with Crippen molar-refractivity contribution in [1.29, 1.82) is 0 Å². The fourth-order valence-electron chi connectivity index (χ4n) is 2.01. The Morgan fingerprint density at radius 2 is 1.42 bits per heavy atom. The Morgan fingerprint density at radius 1 is 1.00 bits per heavy atom. The predicted octanol–water partition coefficient (Wildman–Crippen LogP) is 3.05. The Bertz CT molecular complexity index is 104. The van der Waals surface area contributed by atoms with Gasteiger partial charge in [-0.1, -0.05) is 20.8 Å². The van der Waals surface area contributed by atoms with Crippen molar-refractivity contribution in [2.24, 2.45) is 0 Å². The highest BCUT2D eigenvalue weighted by Crippen LogP contribution is 2.14. The van der Waals surface area contributed by atoms with Crippen LogP contribution in [0.4, 0.5) is 0 Å². The van der Waals surface area contributed by atoms with Crippen LogP contribution < -0.4 is 0 Å². The van der Waals surface area contributed by atoms with Crippen molar-refractivity contribution in [1.82, 2.24) is 0 Å². The van der Waals surface area contributed by atoms with E-state index in [9.17, 15) is 0 Å². The molecule has 0 N–H and O–H groups in total. The lowest BCUT2D eigenvalue weighted by atomic mass is 10.1. The summed E-state index contributed by atoms with van der Waals surface area (Å²) in [5.74, 6) is 0. The topological polar surface area (TPSA) is 0 Å². The second-order valence-corrected chi connectivity index (χ2v) is 4.18. The molecule has 0 aliphatic heterocycles. The van der Waals surface area contributed by atoms with Gasteiger partial charge in [0.05, 0.1) is 26.2 Å². The molecule has 0 saturated heterocycles. The average Bonchev–Trinajstić information content (AvgIpc) is 2.04. The van der Waals surface area contributed by atoms with Gasteiger partial charge in [0.25, 0.3) is 0 Å². The minimum Gasteiger partial charge on any atom is -0.324 e. The molecule has 0 aromatic rings. The van der Waals surface area contributed by atoms with E-state index >= 15 is 0 Å². The van der Waals surface area contributed by atoms with Gasteiger partial charge in [-0.3, -0.25) is 0 Å². The van der Waals surface area contributed by atoms with Crippen LogP contribution in [0, 0.1) is 0 Å². The van der Waals surface area contributed by atoms with Gasteiger partial charge in [-0.15, -0.1) is 0 Å². The SMILES string of the molecule is CCC[N+](C)(CCC)C(C)CC. The molecule has 0 saturated carbocycles. The van der Waals surface area contributed by atoms with Crippen LogP contribution in [0.1, 0.15) is 47.0 Å². The molecule has 74 valence electrons. The van der Waals surface area contributed by atoms with Crippen LogP contribution in [0.15, 0.2) is 0 Å².